The number of hydrogen-bond donors (Lipinski definition) is 0. The molecule has 2 rings (SSSR count). The number of nitrogens with zero attached hydrogens (tertiary/aromatic N) is 2. The summed E-state index contributed by atoms with van der Waals surface area (Å²) in [5.74, 6) is -0.0717. The molecule has 0 aliphatic heterocycles. The topological polar surface area (TPSA) is 44.1 Å². The highest BCUT2D eigenvalue weighted by molar-refractivity contribution is 6.16. The molecule has 0 saturated carbocycles. The number of aromatic nitrogens is 2. The molecule has 1 aromatic carbocycles. The number of benzene rings is 1. The third-order valence-corrected chi connectivity index (χ3v) is 2.74. The lowest BCUT2D eigenvalue weighted by Crippen LogP contribution is -2.15. The van der Waals surface area contributed by atoms with Crippen LogP contribution in [0.4, 0.5) is 4.39 Å². The first kappa shape index (κ1) is 12.8. The van der Waals surface area contributed by atoms with E-state index in [1.54, 1.807) is 17.6 Å². The Hall–Kier alpha value is -1.62. The first-order valence-corrected chi connectivity index (χ1v) is 6.05. The maximum absolute atomic E-state index is 13.1. The predicted molar refractivity (Wildman–Crippen MR) is 65.9 cm³/mol. The molecule has 96 valence electrons. The molecule has 6 heteroatoms. The van der Waals surface area contributed by atoms with Crippen molar-refractivity contribution in [2.45, 2.75) is 19.3 Å². The fourth-order valence-electron chi connectivity index (χ4n) is 1.77. The summed E-state index contributed by atoms with van der Waals surface area (Å²) in [5.41, 5.74) is 1.15. The molecule has 2 aromatic rings. The van der Waals surface area contributed by atoms with Crippen LogP contribution in [0.2, 0.25) is 0 Å². The SMILES string of the molecule is CCOC(=O)Cn1c(CCl)nc2cc(F)ccc21. The van der Waals surface area contributed by atoms with Crippen LogP contribution in [0, 0.1) is 5.82 Å². The van der Waals surface area contributed by atoms with Crippen LogP contribution >= 0.6 is 11.6 Å². The molecule has 0 amide bonds. The van der Waals surface area contributed by atoms with Gasteiger partial charge >= 0.3 is 5.97 Å². The van der Waals surface area contributed by atoms with Gasteiger partial charge in [-0.3, -0.25) is 4.79 Å². The monoisotopic (exact) mass is 270 g/mol. The summed E-state index contributed by atoms with van der Waals surface area (Å²) in [4.78, 5) is 15.7. The van der Waals surface area contributed by atoms with Crippen LogP contribution in [-0.4, -0.2) is 22.1 Å². The summed E-state index contributed by atoms with van der Waals surface area (Å²) in [5, 5.41) is 0. The van der Waals surface area contributed by atoms with Crippen LogP contribution in [-0.2, 0) is 22.0 Å². The Kier molecular flexibility index (Phi) is 3.81. The number of ether oxygens (including phenoxy) is 1. The average molecular weight is 271 g/mol. The van der Waals surface area contributed by atoms with Crippen molar-refractivity contribution in [3.63, 3.8) is 0 Å². The third-order valence-electron chi connectivity index (χ3n) is 2.50. The second-order valence-corrected chi connectivity index (χ2v) is 3.95. The van der Waals surface area contributed by atoms with Crippen LogP contribution in [0.1, 0.15) is 12.7 Å². The van der Waals surface area contributed by atoms with Gasteiger partial charge in [0, 0.05) is 6.07 Å². The highest BCUT2D eigenvalue weighted by atomic mass is 35.5. The molecular formula is C12H12ClFN2O2. The number of carbonyl (C=O) groups excluding carboxylic acids is 1. The van der Waals surface area contributed by atoms with Gasteiger partial charge in [-0.2, -0.15) is 0 Å². The Bertz CT molecular complexity index is 583. The molecular weight excluding hydrogens is 259 g/mol. The van der Waals surface area contributed by atoms with Gasteiger partial charge in [0.2, 0.25) is 0 Å². The Morgan fingerprint density at radius 2 is 2.33 bits per heavy atom. The zero-order valence-electron chi connectivity index (χ0n) is 9.82. The van der Waals surface area contributed by atoms with Crippen molar-refractivity contribution in [2.75, 3.05) is 6.61 Å². The van der Waals surface area contributed by atoms with Crippen LogP contribution in [0.25, 0.3) is 11.0 Å². The minimum Gasteiger partial charge on any atom is -0.465 e. The van der Waals surface area contributed by atoms with Crippen LogP contribution in [0.3, 0.4) is 0 Å². The lowest BCUT2D eigenvalue weighted by molar-refractivity contribution is -0.143. The molecule has 4 nitrogen and oxygen atoms in total. The number of rotatable bonds is 4. The zero-order valence-corrected chi connectivity index (χ0v) is 10.6. The lowest BCUT2D eigenvalue weighted by Gasteiger charge is -2.06. The van der Waals surface area contributed by atoms with Crippen molar-refractivity contribution in [3.8, 4) is 0 Å². The molecule has 0 spiro atoms. The number of hydrogen-bond acceptors (Lipinski definition) is 3. The number of carbonyl (C=O) groups is 1. The summed E-state index contributed by atoms with van der Waals surface area (Å²) in [6.45, 7) is 2.08. The van der Waals surface area contributed by atoms with E-state index >= 15 is 0 Å². The maximum Gasteiger partial charge on any atom is 0.326 e. The molecule has 0 saturated heterocycles. The van der Waals surface area contributed by atoms with E-state index in [1.807, 2.05) is 0 Å². The van der Waals surface area contributed by atoms with Crippen LogP contribution in [0.5, 0.6) is 0 Å². The number of halogens is 2. The molecule has 0 atom stereocenters. The number of imidazole rings is 1. The summed E-state index contributed by atoms with van der Waals surface area (Å²) in [7, 11) is 0. The van der Waals surface area contributed by atoms with Crippen molar-refractivity contribution in [3.05, 3.63) is 29.8 Å². The van der Waals surface area contributed by atoms with Crippen molar-refractivity contribution in [2.24, 2.45) is 0 Å². The fraction of sp³-hybridized carbons (Fsp3) is 0.333. The highest BCUT2D eigenvalue weighted by Crippen LogP contribution is 2.18. The molecule has 0 radical (unpaired) electrons. The first-order chi connectivity index (χ1) is 8.65. The molecule has 18 heavy (non-hydrogen) atoms. The summed E-state index contributed by atoms with van der Waals surface area (Å²) < 4.78 is 19.6. The van der Waals surface area contributed by atoms with Gasteiger partial charge in [0.15, 0.2) is 0 Å². The Morgan fingerprint density at radius 1 is 1.56 bits per heavy atom. The molecule has 0 aliphatic rings. The molecule has 1 heterocycles. The van der Waals surface area contributed by atoms with Gasteiger partial charge in [-0.1, -0.05) is 0 Å². The van der Waals surface area contributed by atoms with Gasteiger partial charge < -0.3 is 9.30 Å². The van der Waals surface area contributed by atoms with E-state index in [-0.39, 0.29) is 24.2 Å². The smallest absolute Gasteiger partial charge is 0.326 e. The van der Waals surface area contributed by atoms with E-state index in [2.05, 4.69) is 4.98 Å². The highest BCUT2D eigenvalue weighted by Gasteiger charge is 2.14. The minimum absolute atomic E-state index is 0.0258. The van der Waals surface area contributed by atoms with E-state index in [0.29, 0.717) is 23.5 Å². The lowest BCUT2D eigenvalue weighted by atomic mass is 10.3. The Morgan fingerprint density at radius 3 is 3.00 bits per heavy atom. The van der Waals surface area contributed by atoms with E-state index in [9.17, 15) is 9.18 Å². The van der Waals surface area contributed by atoms with Crippen molar-refractivity contribution < 1.29 is 13.9 Å². The van der Waals surface area contributed by atoms with Gasteiger partial charge in [-0.15, -0.1) is 11.6 Å². The van der Waals surface area contributed by atoms with E-state index in [4.69, 9.17) is 16.3 Å². The van der Waals surface area contributed by atoms with Gasteiger partial charge in [-0.25, -0.2) is 9.37 Å². The zero-order chi connectivity index (χ0) is 13.1. The summed E-state index contributed by atoms with van der Waals surface area (Å²) in [6.07, 6.45) is 0. The number of alkyl halides is 1. The van der Waals surface area contributed by atoms with E-state index in [0.717, 1.165) is 0 Å². The second kappa shape index (κ2) is 5.35. The van der Waals surface area contributed by atoms with Crippen molar-refractivity contribution in [1.29, 1.82) is 0 Å². The molecule has 1 aromatic heterocycles. The van der Waals surface area contributed by atoms with Crippen LogP contribution < -0.4 is 0 Å². The fourth-order valence-corrected chi connectivity index (χ4v) is 1.97. The average Bonchev–Trinajstić information content (AvgIpc) is 2.66. The second-order valence-electron chi connectivity index (χ2n) is 3.69. The molecule has 0 bridgehead atoms. The quantitative estimate of drug-likeness (QED) is 0.633. The molecule has 0 aliphatic carbocycles. The maximum atomic E-state index is 13.1. The van der Waals surface area contributed by atoms with Gasteiger partial charge in [0.25, 0.3) is 0 Å². The van der Waals surface area contributed by atoms with Gasteiger partial charge in [0.05, 0.1) is 23.5 Å². The van der Waals surface area contributed by atoms with E-state index in [1.165, 1.54) is 12.1 Å². The van der Waals surface area contributed by atoms with Gasteiger partial charge in [-0.05, 0) is 19.1 Å². The number of fused-ring (bicyclic) bond motifs is 1. The molecule has 0 unspecified atom stereocenters. The summed E-state index contributed by atoms with van der Waals surface area (Å²) >= 11 is 5.77. The number of esters is 1. The minimum atomic E-state index is -0.371. The Labute approximate surface area is 108 Å². The van der Waals surface area contributed by atoms with Crippen molar-refractivity contribution >= 4 is 28.6 Å². The largest absolute Gasteiger partial charge is 0.465 e. The molecule has 0 fully saturated rings. The standard InChI is InChI=1S/C12H12ClFN2O2/c1-2-18-12(17)7-16-10-4-3-8(14)5-9(10)15-11(16)6-13/h3-5H,2,6-7H2,1H3. The third kappa shape index (κ3) is 2.46. The first-order valence-electron chi connectivity index (χ1n) is 5.52. The van der Waals surface area contributed by atoms with Crippen molar-refractivity contribution in [1.82, 2.24) is 9.55 Å². The molecule has 0 N–H and O–H groups in total. The Balaban J connectivity index is 2.43. The van der Waals surface area contributed by atoms with Gasteiger partial charge in [0.1, 0.15) is 18.2 Å². The predicted octanol–water partition coefficient (Wildman–Crippen LogP) is 2.48. The summed E-state index contributed by atoms with van der Waals surface area (Å²) in [6, 6.07) is 4.21. The van der Waals surface area contributed by atoms with E-state index < -0.39 is 0 Å². The normalized spacial score (nSPS) is 10.8. The van der Waals surface area contributed by atoms with Crippen LogP contribution in [0.15, 0.2) is 18.2 Å².